The molecular weight excluding hydrogens is 900 g/mol. The van der Waals surface area contributed by atoms with E-state index in [1.165, 1.54) is 18.2 Å². The summed E-state index contributed by atoms with van der Waals surface area (Å²) < 4.78 is 139. The summed E-state index contributed by atoms with van der Waals surface area (Å²) in [6, 6.07) is 10.7. The average Bonchev–Trinajstić information content (AvgIpc) is 3.01. The molecule has 21 nitrogen and oxygen atoms in total. The molecule has 0 amide bonds. The van der Waals surface area contributed by atoms with Crippen molar-refractivity contribution in [3.63, 3.8) is 0 Å². The summed E-state index contributed by atoms with van der Waals surface area (Å²) in [5.74, 6) is -1.58. The van der Waals surface area contributed by atoms with Crippen LogP contribution in [0, 0.1) is 0 Å². The third kappa shape index (κ3) is 14.2. The van der Waals surface area contributed by atoms with E-state index in [2.05, 4.69) is 40.8 Å². The number of aliphatic imine (C=N–C) groups is 1. The molecule has 57 heavy (non-hydrogen) atoms. The average molecular weight is 917 g/mol. The molecule has 1 aromatic heterocycles. The maximum absolute atomic E-state index is 12.1. The van der Waals surface area contributed by atoms with Crippen molar-refractivity contribution in [3.8, 4) is 0 Å². The van der Waals surface area contributed by atoms with Gasteiger partial charge < -0.3 is 29.4 Å². The number of benzene rings is 4. The number of halogens is 1. The monoisotopic (exact) mass is 916 g/mol. The van der Waals surface area contributed by atoms with Crippen molar-refractivity contribution >= 4 is 109 Å². The van der Waals surface area contributed by atoms with Crippen molar-refractivity contribution < 1.29 is 175 Å². The maximum Gasteiger partial charge on any atom is 1.00 e. The SMILES string of the molecule is CC([O-])=Nc1cc(Nc2nc(Cl)nc(Nc3cc(S(=O)(=O)[O-])ccc3S(=O)(=O)[O-])n2)ccc1N=Nc1cc(S(=O)(=O)O)c2cccc(S(=O)(=O)[O-])c2c1.[Na+].[Na+].[Na+].[Na+]. The van der Waals surface area contributed by atoms with Gasteiger partial charge in [0.15, 0.2) is 0 Å². The van der Waals surface area contributed by atoms with E-state index in [1.807, 2.05) is 0 Å². The molecule has 4 aromatic carbocycles. The number of fused-ring (bicyclic) bond motifs is 1. The van der Waals surface area contributed by atoms with E-state index >= 15 is 0 Å². The van der Waals surface area contributed by atoms with Crippen molar-refractivity contribution in [2.45, 2.75) is 26.5 Å². The fourth-order valence-corrected chi connectivity index (χ4v) is 7.23. The minimum Gasteiger partial charge on any atom is -0.862 e. The van der Waals surface area contributed by atoms with Gasteiger partial charge in [-0.15, -0.1) is 5.11 Å². The third-order valence-corrected chi connectivity index (χ3v) is 10.3. The van der Waals surface area contributed by atoms with E-state index in [4.69, 9.17) is 11.6 Å². The summed E-state index contributed by atoms with van der Waals surface area (Å²) in [4.78, 5) is 12.0. The number of aromatic nitrogens is 3. The van der Waals surface area contributed by atoms with Crippen LogP contribution in [-0.4, -0.2) is 72.7 Å². The summed E-state index contributed by atoms with van der Waals surface area (Å²) >= 11 is 5.99. The minimum atomic E-state index is -5.21. The molecule has 0 bridgehead atoms. The molecule has 0 saturated heterocycles. The van der Waals surface area contributed by atoms with Crippen molar-refractivity contribution in [3.05, 3.63) is 72.0 Å². The molecule has 0 saturated carbocycles. The molecule has 5 rings (SSSR count). The Morgan fingerprint density at radius 1 is 0.667 bits per heavy atom. The molecule has 0 aliphatic heterocycles. The van der Waals surface area contributed by atoms with Crippen molar-refractivity contribution in [2.75, 3.05) is 10.6 Å². The second-order valence-corrected chi connectivity index (χ2v) is 16.1. The second-order valence-electron chi connectivity index (χ2n) is 10.3. The van der Waals surface area contributed by atoms with Crippen LogP contribution in [0.1, 0.15) is 6.92 Å². The van der Waals surface area contributed by atoms with E-state index < -0.39 is 82.9 Å². The number of anilines is 4. The number of rotatable bonds is 11. The van der Waals surface area contributed by atoms with Crippen molar-refractivity contribution in [1.29, 1.82) is 0 Å². The van der Waals surface area contributed by atoms with Crippen LogP contribution in [0.2, 0.25) is 5.28 Å². The molecule has 3 N–H and O–H groups in total. The van der Waals surface area contributed by atoms with E-state index in [-0.39, 0.29) is 158 Å². The Morgan fingerprint density at radius 2 is 1.28 bits per heavy atom. The Bertz CT molecular complexity index is 2850. The van der Waals surface area contributed by atoms with Gasteiger partial charge in [0.05, 0.1) is 31.7 Å². The van der Waals surface area contributed by atoms with Crippen LogP contribution in [-0.2, 0) is 40.5 Å². The zero-order valence-corrected chi connectivity index (χ0v) is 41.9. The first-order valence-electron chi connectivity index (χ1n) is 13.8. The second kappa shape index (κ2) is 21.0. The fourth-order valence-electron chi connectivity index (χ4n) is 4.55. The normalized spacial score (nSPS) is 12.1. The molecular formula is C27H17ClN8Na4O13S4. The molecule has 5 aromatic rings. The molecule has 0 spiro atoms. The Morgan fingerprint density at radius 3 is 1.84 bits per heavy atom. The zero-order valence-electron chi connectivity index (χ0n) is 29.9. The predicted molar refractivity (Wildman–Crippen MR) is 179 cm³/mol. The van der Waals surface area contributed by atoms with Gasteiger partial charge in [-0.2, -0.15) is 28.5 Å². The molecule has 0 unspecified atom stereocenters. The first kappa shape index (κ1) is 53.8. The van der Waals surface area contributed by atoms with E-state index in [0.717, 1.165) is 37.3 Å². The molecule has 1 heterocycles. The number of nitrogens with zero attached hydrogens (tertiary/aromatic N) is 6. The Kier molecular flexibility index (Phi) is 19.8. The van der Waals surface area contributed by atoms with Crippen LogP contribution in [0.4, 0.5) is 40.3 Å². The molecule has 278 valence electrons. The topological polar surface area (TPSA) is 349 Å². The summed E-state index contributed by atoms with van der Waals surface area (Å²) in [6.07, 6.45) is 0. The number of azo groups is 1. The van der Waals surface area contributed by atoms with E-state index in [0.29, 0.717) is 18.2 Å². The number of nitrogens with one attached hydrogen (secondary N) is 2. The van der Waals surface area contributed by atoms with E-state index in [9.17, 15) is 57.0 Å². The fraction of sp³-hybridized carbons (Fsp3) is 0.0370. The number of hydrogen-bond donors (Lipinski definition) is 3. The Labute approximate surface area is 417 Å². The Balaban J connectivity index is 0.00000406. The molecule has 0 aliphatic carbocycles. The first-order valence-corrected chi connectivity index (χ1v) is 19.8. The quantitative estimate of drug-likeness (QED) is 0.0364. The van der Waals surface area contributed by atoms with Gasteiger partial charge in [-0.1, -0.05) is 12.1 Å². The van der Waals surface area contributed by atoms with Gasteiger partial charge in [-0.3, -0.25) is 9.55 Å². The minimum absolute atomic E-state index is 0. The molecule has 0 radical (unpaired) electrons. The maximum atomic E-state index is 12.1. The third-order valence-electron chi connectivity index (χ3n) is 6.60. The van der Waals surface area contributed by atoms with Gasteiger partial charge in [-0.05, 0) is 79.0 Å². The van der Waals surface area contributed by atoms with E-state index in [1.54, 1.807) is 0 Å². The van der Waals surface area contributed by atoms with Crippen LogP contribution in [0.5, 0.6) is 0 Å². The standard InChI is InChI=1S/C27H21ClN8O13S4.4Na/c1-13(37)29-20-10-14(30-26-32-25(28)33-27(34-26)31-21-12-16(50(38,39)40)6-8-23(21)52(44,45)46)5-7-19(20)36-35-15-9-18-17(24(11-15)53(47,48)49)3-2-4-22(18)51(41,42)43;;;;/h2-12H,1H3,(H,29,37)(H,38,39,40)(H,41,42,43)(H,44,45,46)(H,47,48,49)(H2,30,31,32,33,34);;;;/q;4*+1/p-4. The molecule has 30 heteroatoms. The van der Waals surface area contributed by atoms with Gasteiger partial charge >= 0.3 is 118 Å². The van der Waals surface area contributed by atoms with Crippen LogP contribution in [0.15, 0.2) is 102 Å². The van der Waals surface area contributed by atoms with Gasteiger partial charge in [0, 0.05) is 16.5 Å². The van der Waals surface area contributed by atoms with Gasteiger partial charge in [0.1, 0.15) is 40.9 Å². The van der Waals surface area contributed by atoms with Crippen LogP contribution >= 0.6 is 11.6 Å². The Hall–Kier alpha value is -1.25. The molecule has 0 atom stereocenters. The molecule has 0 fully saturated rings. The summed E-state index contributed by atoms with van der Waals surface area (Å²) in [7, 11) is -20.4. The summed E-state index contributed by atoms with van der Waals surface area (Å²) in [6.45, 7) is 1.10. The first-order chi connectivity index (χ1) is 24.5. The van der Waals surface area contributed by atoms with Crippen LogP contribution < -0.4 is 134 Å². The van der Waals surface area contributed by atoms with Crippen LogP contribution in [0.25, 0.3) is 10.8 Å². The van der Waals surface area contributed by atoms with Gasteiger partial charge in [0.25, 0.3) is 10.1 Å². The summed E-state index contributed by atoms with van der Waals surface area (Å²) in [5, 5.41) is 23.7. The van der Waals surface area contributed by atoms with Gasteiger partial charge in [-0.25, -0.2) is 25.3 Å². The smallest absolute Gasteiger partial charge is 0.862 e. The molecule has 0 aliphatic rings. The van der Waals surface area contributed by atoms with Gasteiger partial charge in [0.2, 0.25) is 17.2 Å². The predicted octanol–water partition coefficient (Wildman–Crippen LogP) is -9.03. The number of hydrogen-bond acceptors (Lipinski definition) is 20. The van der Waals surface area contributed by atoms with Crippen LogP contribution in [0.3, 0.4) is 0 Å². The summed E-state index contributed by atoms with van der Waals surface area (Å²) in [5.41, 5.74) is -1.17. The zero-order chi connectivity index (χ0) is 39.1. The van der Waals surface area contributed by atoms with Crippen molar-refractivity contribution in [1.82, 2.24) is 15.0 Å². The van der Waals surface area contributed by atoms with Crippen molar-refractivity contribution in [2.24, 2.45) is 15.2 Å². The largest absolute Gasteiger partial charge is 1.00 e.